The summed E-state index contributed by atoms with van der Waals surface area (Å²) >= 11 is 1.67. The first-order valence-electron chi connectivity index (χ1n) is 7.98. The van der Waals surface area contributed by atoms with Gasteiger partial charge in [0.15, 0.2) is 6.10 Å². The van der Waals surface area contributed by atoms with Crippen molar-refractivity contribution in [2.75, 3.05) is 18.1 Å². The van der Waals surface area contributed by atoms with E-state index in [-0.39, 0.29) is 11.9 Å². The van der Waals surface area contributed by atoms with Crippen molar-refractivity contribution in [3.8, 4) is 5.75 Å². The standard InChI is InChI=1S/C19H24N2O2S/c1-14(13-20-16-7-5-4-6-8-16)21-19(22)15(2)23-17-9-11-18(24-3)12-10-17/h4-12,14-15,20H,13H2,1-3H3,(H,21,22)/t14-,15+/m0/s1. The Morgan fingerprint density at radius 2 is 1.75 bits per heavy atom. The summed E-state index contributed by atoms with van der Waals surface area (Å²) < 4.78 is 5.70. The number of hydrogen-bond acceptors (Lipinski definition) is 4. The molecule has 1 amide bonds. The molecule has 2 aromatic rings. The molecule has 2 atom stereocenters. The van der Waals surface area contributed by atoms with Crippen molar-refractivity contribution in [3.05, 3.63) is 54.6 Å². The fourth-order valence-electron chi connectivity index (χ4n) is 2.15. The van der Waals surface area contributed by atoms with Gasteiger partial charge in [-0.3, -0.25) is 4.79 Å². The summed E-state index contributed by atoms with van der Waals surface area (Å²) in [5, 5.41) is 6.26. The van der Waals surface area contributed by atoms with Gasteiger partial charge >= 0.3 is 0 Å². The maximum Gasteiger partial charge on any atom is 0.261 e. The Hall–Kier alpha value is -2.14. The van der Waals surface area contributed by atoms with Gasteiger partial charge in [0.1, 0.15) is 5.75 Å². The SMILES string of the molecule is CSc1ccc(O[C@H](C)C(=O)N[C@@H](C)CNc2ccccc2)cc1. The average Bonchev–Trinajstić information content (AvgIpc) is 2.61. The first kappa shape index (κ1) is 18.2. The molecule has 0 aliphatic rings. The molecule has 2 aromatic carbocycles. The summed E-state index contributed by atoms with van der Waals surface area (Å²) in [6, 6.07) is 17.7. The minimum Gasteiger partial charge on any atom is -0.481 e. The maximum absolute atomic E-state index is 12.2. The van der Waals surface area contributed by atoms with E-state index in [1.165, 1.54) is 4.90 Å². The lowest BCUT2D eigenvalue weighted by Crippen LogP contribution is -2.43. The minimum absolute atomic E-state index is 0.00243. The van der Waals surface area contributed by atoms with Crippen LogP contribution in [-0.2, 0) is 4.79 Å². The Labute approximate surface area is 148 Å². The van der Waals surface area contributed by atoms with Crippen LogP contribution in [0.1, 0.15) is 13.8 Å². The minimum atomic E-state index is -0.538. The monoisotopic (exact) mass is 344 g/mol. The van der Waals surface area contributed by atoms with Crippen LogP contribution in [-0.4, -0.2) is 30.9 Å². The van der Waals surface area contributed by atoms with Gasteiger partial charge < -0.3 is 15.4 Å². The normalized spacial score (nSPS) is 13.0. The molecule has 0 fully saturated rings. The first-order valence-corrected chi connectivity index (χ1v) is 9.21. The van der Waals surface area contributed by atoms with Crippen molar-refractivity contribution in [1.82, 2.24) is 5.32 Å². The molecule has 0 heterocycles. The van der Waals surface area contributed by atoms with Crippen LogP contribution in [0.15, 0.2) is 59.5 Å². The fraction of sp³-hybridized carbons (Fsp3) is 0.316. The molecule has 128 valence electrons. The van der Waals surface area contributed by atoms with E-state index in [9.17, 15) is 4.79 Å². The number of anilines is 1. The van der Waals surface area contributed by atoms with Crippen molar-refractivity contribution in [2.45, 2.75) is 30.9 Å². The van der Waals surface area contributed by atoms with Gasteiger partial charge in [-0.2, -0.15) is 0 Å². The van der Waals surface area contributed by atoms with E-state index < -0.39 is 6.10 Å². The number of rotatable bonds is 8. The Morgan fingerprint density at radius 3 is 2.38 bits per heavy atom. The highest BCUT2D eigenvalue weighted by atomic mass is 32.2. The van der Waals surface area contributed by atoms with Gasteiger partial charge in [0.2, 0.25) is 0 Å². The van der Waals surface area contributed by atoms with Gasteiger partial charge in [-0.05, 0) is 56.5 Å². The number of nitrogens with one attached hydrogen (secondary N) is 2. The van der Waals surface area contributed by atoms with Gasteiger partial charge in [-0.15, -0.1) is 11.8 Å². The van der Waals surface area contributed by atoms with E-state index in [1.54, 1.807) is 18.7 Å². The number of carbonyl (C=O) groups excluding carboxylic acids is 1. The number of hydrogen-bond donors (Lipinski definition) is 2. The first-order chi connectivity index (χ1) is 11.6. The predicted molar refractivity (Wildman–Crippen MR) is 101 cm³/mol. The van der Waals surface area contributed by atoms with Crippen LogP contribution in [0.25, 0.3) is 0 Å². The van der Waals surface area contributed by atoms with Crippen LogP contribution in [0, 0.1) is 0 Å². The molecule has 0 bridgehead atoms. The maximum atomic E-state index is 12.2. The highest BCUT2D eigenvalue weighted by Crippen LogP contribution is 2.19. The molecule has 0 radical (unpaired) electrons. The number of para-hydroxylation sites is 1. The van der Waals surface area contributed by atoms with E-state index in [1.807, 2.05) is 67.8 Å². The van der Waals surface area contributed by atoms with Crippen LogP contribution in [0.4, 0.5) is 5.69 Å². The third-order valence-corrected chi connectivity index (χ3v) is 4.26. The molecule has 24 heavy (non-hydrogen) atoms. The quantitative estimate of drug-likeness (QED) is 0.715. The summed E-state index contributed by atoms with van der Waals surface area (Å²) in [4.78, 5) is 13.4. The van der Waals surface area contributed by atoms with Crippen LogP contribution in [0.3, 0.4) is 0 Å². The van der Waals surface area contributed by atoms with Crippen molar-refractivity contribution in [3.63, 3.8) is 0 Å². The smallest absolute Gasteiger partial charge is 0.261 e. The second-order valence-corrected chi connectivity index (χ2v) is 6.47. The van der Waals surface area contributed by atoms with Crippen LogP contribution in [0.2, 0.25) is 0 Å². The Kier molecular flexibility index (Phi) is 7.00. The van der Waals surface area contributed by atoms with Gasteiger partial charge in [0.05, 0.1) is 0 Å². The number of carbonyl (C=O) groups is 1. The molecule has 0 aliphatic carbocycles. The van der Waals surface area contributed by atoms with Gasteiger partial charge in [0.25, 0.3) is 5.91 Å². The number of benzene rings is 2. The van der Waals surface area contributed by atoms with Gasteiger partial charge in [-0.25, -0.2) is 0 Å². The molecule has 2 N–H and O–H groups in total. The van der Waals surface area contributed by atoms with Crippen molar-refractivity contribution >= 4 is 23.4 Å². The average molecular weight is 344 g/mol. The highest BCUT2D eigenvalue weighted by molar-refractivity contribution is 7.98. The molecule has 0 saturated heterocycles. The molecule has 0 aliphatic heterocycles. The van der Waals surface area contributed by atoms with Crippen LogP contribution in [0.5, 0.6) is 5.75 Å². The number of ether oxygens (including phenoxy) is 1. The summed E-state index contributed by atoms with van der Waals surface area (Å²) in [5.41, 5.74) is 1.04. The predicted octanol–water partition coefficient (Wildman–Crippen LogP) is 3.79. The van der Waals surface area contributed by atoms with E-state index in [0.29, 0.717) is 12.3 Å². The van der Waals surface area contributed by atoms with Gasteiger partial charge in [0, 0.05) is 23.2 Å². The molecule has 0 saturated carbocycles. The molecule has 0 spiro atoms. The lowest BCUT2D eigenvalue weighted by atomic mass is 10.2. The van der Waals surface area contributed by atoms with Crippen molar-refractivity contribution < 1.29 is 9.53 Å². The van der Waals surface area contributed by atoms with Crippen molar-refractivity contribution in [1.29, 1.82) is 0 Å². The highest BCUT2D eigenvalue weighted by Gasteiger charge is 2.16. The number of amides is 1. The van der Waals surface area contributed by atoms with Crippen LogP contribution < -0.4 is 15.4 Å². The van der Waals surface area contributed by atoms with E-state index in [0.717, 1.165) is 5.69 Å². The van der Waals surface area contributed by atoms with E-state index in [4.69, 9.17) is 4.74 Å². The van der Waals surface area contributed by atoms with Gasteiger partial charge in [-0.1, -0.05) is 18.2 Å². The second kappa shape index (κ2) is 9.23. The van der Waals surface area contributed by atoms with E-state index in [2.05, 4.69) is 10.6 Å². The zero-order valence-electron chi connectivity index (χ0n) is 14.3. The Bertz CT molecular complexity index is 632. The summed E-state index contributed by atoms with van der Waals surface area (Å²) in [5.74, 6) is 0.580. The lowest BCUT2D eigenvalue weighted by molar-refractivity contribution is -0.127. The van der Waals surface area contributed by atoms with E-state index >= 15 is 0 Å². The molecular weight excluding hydrogens is 320 g/mol. The third kappa shape index (κ3) is 5.81. The molecule has 0 aromatic heterocycles. The molecule has 4 nitrogen and oxygen atoms in total. The summed E-state index contributed by atoms with van der Waals surface area (Å²) in [7, 11) is 0. The van der Waals surface area contributed by atoms with Crippen molar-refractivity contribution in [2.24, 2.45) is 0 Å². The lowest BCUT2D eigenvalue weighted by Gasteiger charge is -2.19. The molecule has 2 rings (SSSR count). The summed E-state index contributed by atoms with van der Waals surface area (Å²) in [6.07, 6.45) is 1.49. The zero-order valence-corrected chi connectivity index (χ0v) is 15.1. The topological polar surface area (TPSA) is 50.4 Å². The third-order valence-electron chi connectivity index (χ3n) is 3.52. The second-order valence-electron chi connectivity index (χ2n) is 5.59. The largest absolute Gasteiger partial charge is 0.481 e. The zero-order chi connectivity index (χ0) is 17.4. The van der Waals surface area contributed by atoms with Crippen LogP contribution >= 0.6 is 11.8 Å². The molecule has 0 unspecified atom stereocenters. The Balaban J connectivity index is 1.77. The molecule has 5 heteroatoms. The summed E-state index contributed by atoms with van der Waals surface area (Å²) in [6.45, 7) is 4.38. The molecular formula is C19H24N2O2S. The Morgan fingerprint density at radius 1 is 1.08 bits per heavy atom. The fourth-order valence-corrected chi connectivity index (χ4v) is 2.56. The number of thioether (sulfide) groups is 1.